The van der Waals surface area contributed by atoms with Crippen LogP contribution in [0.4, 0.5) is 0 Å². The van der Waals surface area contributed by atoms with Crippen molar-refractivity contribution < 1.29 is 39.7 Å². The Morgan fingerprint density at radius 1 is 0.235 bits per heavy atom. The Hall–Kier alpha value is -11.0. The number of hydrogen-bond acceptors (Lipinski definition) is 8. The first-order valence-electron chi connectivity index (χ1n) is 37.2. The van der Waals surface area contributed by atoms with Crippen molar-refractivity contribution in [3.63, 3.8) is 0 Å². The molecule has 0 fully saturated rings. The van der Waals surface area contributed by atoms with Crippen molar-refractivity contribution in [2.75, 3.05) is 21.3 Å². The highest BCUT2D eigenvalue weighted by Gasteiger charge is 2.05. The van der Waals surface area contributed by atoms with E-state index in [4.69, 9.17) is 34.6 Å². The summed E-state index contributed by atoms with van der Waals surface area (Å²) in [6, 6.07) is 122. The van der Waals surface area contributed by atoms with Crippen molar-refractivity contribution in [2.45, 2.75) is 111 Å². The average molecular weight is 1740 g/mol. The maximum atomic E-state index is 9.56. The van der Waals surface area contributed by atoms with Crippen LogP contribution in [0.1, 0.15) is 92.2 Å². The number of ether oxygens (including phenoxy) is 3. The van der Waals surface area contributed by atoms with Gasteiger partial charge in [-0.2, -0.15) is 0 Å². The van der Waals surface area contributed by atoms with Crippen LogP contribution in [-0.2, 0) is 6.42 Å². The molecule has 0 unspecified atom stereocenters. The second-order valence-corrected chi connectivity index (χ2v) is 31.9. The van der Waals surface area contributed by atoms with Gasteiger partial charge >= 0.3 is 3.18 Å². The fourth-order valence-corrected chi connectivity index (χ4v) is 8.52. The highest BCUT2D eigenvalue weighted by molar-refractivity contribution is 9.69. The topological polar surface area (TPSA) is 129 Å². The number of aryl methyl sites for hydroxylation is 14. The quantitative estimate of drug-likeness (QED) is 0.0871. The lowest BCUT2D eigenvalue weighted by Gasteiger charge is -2.07. The second-order valence-electron chi connectivity index (χ2n) is 25.4. The van der Waals surface area contributed by atoms with Crippen molar-refractivity contribution in [3.8, 4) is 46.0 Å². The third-order valence-corrected chi connectivity index (χ3v) is 15.0. The van der Waals surface area contributed by atoms with E-state index in [0.29, 0.717) is 17.1 Å². The minimum Gasteiger partial charge on any atom is -0.508 e. The zero-order valence-corrected chi connectivity index (χ0v) is 74.4. The summed E-state index contributed by atoms with van der Waals surface area (Å²) in [5.41, 5.74) is 16.5. The number of phenolic OH excluding ortho intramolecular Hbond substituents is 5. The zero-order valence-electron chi connectivity index (χ0n) is 69.7. The van der Waals surface area contributed by atoms with Crippen LogP contribution in [0.3, 0.4) is 0 Å². The Morgan fingerprint density at radius 3 is 0.600 bits per heavy atom. The van der Waals surface area contributed by atoms with E-state index < -0.39 is 0 Å². The first kappa shape index (κ1) is 106. The van der Waals surface area contributed by atoms with Crippen molar-refractivity contribution in [3.05, 3.63) is 454 Å². The third-order valence-electron chi connectivity index (χ3n) is 15.0. The number of phenols is 5. The molecule has 0 aromatic heterocycles. The Bertz CT molecular complexity index is 3880. The molecule has 0 amide bonds. The summed E-state index contributed by atoms with van der Waals surface area (Å²) in [4.78, 5) is 0. The molecule has 0 saturated carbocycles. The SMILES string of the molecule is BrB(Br)Br.C.CCc1cc(OC)cc(C)c1O.COc1ccc(O)c(C)c1.COc1ccc(O)cc1.Cc1cc(O)ccc1O.Cc1ccccc1.Cc1ccccc1.Cc1ccccc1.Cc1ccccc1.Cc1ccccc1.Cc1ccccc1.Cc1ccccc1.Cc1ccccc1.Cc1ccccc1.Cc1ccccc1. The Balaban J connectivity index is 0. The van der Waals surface area contributed by atoms with Gasteiger partial charge in [0.1, 0.15) is 46.0 Å². The predicted molar refractivity (Wildman–Crippen MR) is 508 cm³/mol. The van der Waals surface area contributed by atoms with Crippen LogP contribution in [0, 0.1) is 90.0 Å². The molecule has 0 aliphatic heterocycles. The van der Waals surface area contributed by atoms with Crippen molar-refractivity contribution in [1.29, 1.82) is 0 Å². The van der Waals surface area contributed by atoms with Gasteiger partial charge in [0.25, 0.3) is 0 Å². The number of hydrogen-bond donors (Lipinski definition) is 5. The molecule has 0 aliphatic rings. The van der Waals surface area contributed by atoms with Crippen LogP contribution >= 0.6 is 47.3 Å². The molecule has 14 aromatic carbocycles. The Labute approximate surface area is 716 Å². The smallest absolute Gasteiger partial charge is 0.369 e. The summed E-state index contributed by atoms with van der Waals surface area (Å²) in [7, 11) is 4.82. The standard InChI is InChI=1S/C10H14O2.C8H10O2.2C7H8O2.10C7H8.CH4.BBr3/c1-4-8-6-9(12-3)5-7(2)10(8)11;1-6-5-7(10-2)3-4-8(6)9;1-9-7-4-2-6(8)3-5-7;1-5-4-6(8)2-3-7(5)9;10*1-7-5-3-2-4-6-7;;2-1(3)4/h5-6,11H,4H2,1-3H3;3-5,9H,1-2H3;2-5,8H,1H3;2-4,8-9H,1H3;10*2-6H,1H3;1H4;. The third kappa shape index (κ3) is 63.1. The lowest BCUT2D eigenvalue weighted by molar-refractivity contribution is 0.410. The van der Waals surface area contributed by atoms with Crippen LogP contribution in [0.5, 0.6) is 46.0 Å². The van der Waals surface area contributed by atoms with Crippen LogP contribution in [0.25, 0.3) is 0 Å². The van der Waals surface area contributed by atoms with Gasteiger partial charge < -0.3 is 39.7 Å². The number of halogens is 3. The van der Waals surface area contributed by atoms with Gasteiger partial charge in [0.2, 0.25) is 0 Å². The second kappa shape index (κ2) is 69.7. The van der Waals surface area contributed by atoms with Gasteiger partial charge in [-0.25, -0.2) is 0 Å². The molecule has 14 rings (SSSR count). The molecule has 0 heterocycles. The molecular weight excluding hydrogens is 1620 g/mol. The Morgan fingerprint density at radius 2 is 0.426 bits per heavy atom. The minimum atomic E-state index is 0. The van der Waals surface area contributed by atoms with E-state index >= 15 is 0 Å². The highest BCUT2D eigenvalue weighted by Crippen LogP contribution is 2.28. The molecule has 0 radical (unpaired) electrons. The van der Waals surface area contributed by atoms with Gasteiger partial charge in [-0.15, -0.1) is 47.3 Å². The van der Waals surface area contributed by atoms with Crippen LogP contribution in [0.15, 0.2) is 376 Å². The van der Waals surface area contributed by atoms with Gasteiger partial charge in [-0.3, -0.25) is 0 Å². The van der Waals surface area contributed by atoms with Gasteiger partial charge in [0, 0.05) is 0 Å². The molecule has 0 bridgehead atoms. The molecule has 12 heteroatoms. The maximum Gasteiger partial charge on any atom is 0.369 e. The van der Waals surface area contributed by atoms with E-state index in [2.05, 4.69) is 238 Å². The fourth-order valence-electron chi connectivity index (χ4n) is 8.52. The lowest BCUT2D eigenvalue weighted by atomic mass is 10.1. The largest absolute Gasteiger partial charge is 0.508 e. The predicted octanol–water partition coefficient (Wildman–Crippen LogP) is 29.5. The van der Waals surface area contributed by atoms with Crippen LogP contribution in [0.2, 0.25) is 0 Å². The monoisotopic (exact) mass is 1740 g/mol. The average Bonchev–Trinajstić information content (AvgIpc) is 0.850. The molecule has 0 atom stereocenters. The van der Waals surface area contributed by atoms with Crippen molar-refractivity contribution in [2.24, 2.45) is 0 Å². The summed E-state index contributed by atoms with van der Waals surface area (Å²) in [6.07, 6.45) is 0.823. The molecule has 14 aromatic rings. The van der Waals surface area contributed by atoms with E-state index in [1.807, 2.05) is 215 Å². The lowest BCUT2D eigenvalue weighted by Crippen LogP contribution is -1.89. The summed E-state index contributed by atoms with van der Waals surface area (Å²) < 4.78 is 15.1. The summed E-state index contributed by atoms with van der Waals surface area (Å²) in [5, 5.41) is 45.2. The molecule has 608 valence electrons. The summed E-state index contributed by atoms with van der Waals surface area (Å²) in [5.74, 6) is 3.69. The van der Waals surface area contributed by atoms with E-state index in [1.54, 1.807) is 70.7 Å². The normalized spacial score (nSPS) is 8.83. The minimum absolute atomic E-state index is 0. The maximum absolute atomic E-state index is 9.56. The van der Waals surface area contributed by atoms with E-state index in [1.165, 1.54) is 73.8 Å². The van der Waals surface area contributed by atoms with Gasteiger partial charge in [0.15, 0.2) is 0 Å². The molecule has 8 nitrogen and oxygen atoms in total. The highest BCUT2D eigenvalue weighted by atomic mass is 79.9. The van der Waals surface area contributed by atoms with Crippen molar-refractivity contribution in [1.82, 2.24) is 0 Å². The van der Waals surface area contributed by atoms with E-state index in [-0.39, 0.29) is 27.9 Å². The number of methoxy groups -OCH3 is 3. The van der Waals surface area contributed by atoms with Crippen molar-refractivity contribution >= 4 is 50.5 Å². The van der Waals surface area contributed by atoms with Gasteiger partial charge in [0.05, 0.1) is 21.3 Å². The van der Waals surface area contributed by atoms with E-state index in [9.17, 15) is 5.11 Å². The van der Waals surface area contributed by atoms with Gasteiger partial charge in [-0.1, -0.05) is 373 Å². The van der Waals surface area contributed by atoms with Crippen LogP contribution in [-0.4, -0.2) is 50.0 Å². The van der Waals surface area contributed by atoms with Crippen LogP contribution < -0.4 is 14.2 Å². The molecule has 0 saturated heterocycles. The fraction of sp³-hybridized carbons (Fsp3) is 0.184. The number of aromatic hydroxyl groups is 5. The summed E-state index contributed by atoms with van der Waals surface area (Å²) >= 11 is 9.31. The number of rotatable bonds is 4. The molecule has 115 heavy (non-hydrogen) atoms. The molecule has 5 N–H and O–H groups in total. The molecule has 0 aliphatic carbocycles. The summed E-state index contributed by atoms with van der Waals surface area (Å²) in [6.45, 7) is 28.3. The Kier molecular flexibility index (Phi) is 64.2. The molecule has 0 spiro atoms. The first-order valence-corrected chi connectivity index (χ1v) is 40.0. The number of benzene rings is 14. The first-order chi connectivity index (χ1) is 54.6. The van der Waals surface area contributed by atoms with Gasteiger partial charge in [-0.05, 0) is 191 Å². The molecular formula is C103H124BBr3O8. The zero-order chi connectivity index (χ0) is 84.9. The van der Waals surface area contributed by atoms with E-state index in [0.717, 1.165) is 40.4 Å².